The second kappa shape index (κ2) is 3.61. The highest BCUT2D eigenvalue weighted by Crippen LogP contribution is 2.46. The fraction of sp³-hybridized carbons (Fsp3) is 0.545. The Labute approximate surface area is 103 Å². The van der Waals surface area contributed by atoms with E-state index in [1.807, 2.05) is 12.3 Å². The second-order valence-corrected chi connectivity index (χ2v) is 5.73. The first-order valence-corrected chi connectivity index (χ1v) is 6.52. The maximum absolute atomic E-state index is 5.77. The summed E-state index contributed by atoms with van der Waals surface area (Å²) < 4.78 is 5.25. The van der Waals surface area contributed by atoms with E-state index in [1.54, 1.807) is 0 Å². The summed E-state index contributed by atoms with van der Waals surface area (Å²) in [6.07, 6.45) is 2.27. The summed E-state index contributed by atoms with van der Waals surface area (Å²) >= 11 is 1.52. The Kier molecular flexibility index (Phi) is 2.31. The molecule has 2 aromatic rings. The number of nitrogens with zero attached hydrogens (tertiary/aromatic N) is 3. The van der Waals surface area contributed by atoms with Gasteiger partial charge in [-0.05, 0) is 19.8 Å². The van der Waals surface area contributed by atoms with Gasteiger partial charge in [0.25, 0.3) is 5.89 Å². The van der Waals surface area contributed by atoms with Crippen LogP contribution in [0.1, 0.15) is 43.6 Å². The number of hydrogen-bond donors (Lipinski definition) is 1. The number of nitrogens with two attached hydrogens (primary N) is 1. The van der Waals surface area contributed by atoms with E-state index in [9.17, 15) is 0 Å². The molecule has 0 aliphatic heterocycles. The van der Waals surface area contributed by atoms with Gasteiger partial charge in [-0.1, -0.05) is 12.1 Å². The van der Waals surface area contributed by atoms with Crippen LogP contribution in [-0.2, 0) is 5.41 Å². The fourth-order valence-corrected chi connectivity index (χ4v) is 2.33. The quantitative estimate of drug-likeness (QED) is 0.904. The molecule has 1 saturated carbocycles. The fourth-order valence-electron chi connectivity index (χ4n) is 1.58. The number of aromatic nitrogens is 3. The van der Waals surface area contributed by atoms with Gasteiger partial charge >= 0.3 is 0 Å². The molecule has 90 valence electrons. The summed E-state index contributed by atoms with van der Waals surface area (Å²) in [6, 6.07) is -0.0582. The molecule has 3 rings (SSSR count). The van der Waals surface area contributed by atoms with Gasteiger partial charge < -0.3 is 10.3 Å². The molecule has 0 amide bonds. The van der Waals surface area contributed by atoms with Gasteiger partial charge in [0.15, 0.2) is 5.82 Å². The summed E-state index contributed by atoms with van der Waals surface area (Å²) in [5, 5.41) is 6.82. The van der Waals surface area contributed by atoms with Crippen molar-refractivity contribution in [1.82, 2.24) is 15.1 Å². The smallest absolute Gasteiger partial charge is 0.277 e. The topological polar surface area (TPSA) is 77.8 Å². The molecule has 0 radical (unpaired) electrons. The molecular weight excluding hydrogens is 236 g/mol. The summed E-state index contributed by atoms with van der Waals surface area (Å²) in [5.41, 5.74) is 6.62. The number of thiazole rings is 1. The lowest BCUT2D eigenvalue weighted by Crippen LogP contribution is -2.04. The van der Waals surface area contributed by atoms with Crippen molar-refractivity contribution in [1.29, 1.82) is 0 Å². The molecule has 2 aromatic heterocycles. The molecule has 5 nitrogen and oxygen atoms in total. The van der Waals surface area contributed by atoms with Crippen molar-refractivity contribution in [3.05, 3.63) is 16.2 Å². The SMILES string of the molecule is CC(N)c1nc(-c2nc(C3(C)CC3)no2)cs1. The van der Waals surface area contributed by atoms with E-state index in [2.05, 4.69) is 22.0 Å². The highest BCUT2D eigenvalue weighted by Gasteiger charge is 2.43. The van der Waals surface area contributed by atoms with Crippen LogP contribution in [0.3, 0.4) is 0 Å². The van der Waals surface area contributed by atoms with E-state index < -0.39 is 0 Å². The Balaban J connectivity index is 1.90. The van der Waals surface area contributed by atoms with Crippen LogP contribution in [0.4, 0.5) is 0 Å². The van der Waals surface area contributed by atoms with Gasteiger partial charge in [-0.2, -0.15) is 4.98 Å². The minimum absolute atomic E-state index is 0.0582. The molecule has 1 unspecified atom stereocenters. The van der Waals surface area contributed by atoms with Crippen LogP contribution in [0, 0.1) is 0 Å². The van der Waals surface area contributed by atoms with Crippen molar-refractivity contribution in [2.24, 2.45) is 5.73 Å². The van der Waals surface area contributed by atoms with Crippen molar-refractivity contribution in [2.75, 3.05) is 0 Å². The van der Waals surface area contributed by atoms with Crippen LogP contribution in [0.15, 0.2) is 9.90 Å². The van der Waals surface area contributed by atoms with Crippen molar-refractivity contribution in [2.45, 2.75) is 38.1 Å². The normalized spacial score (nSPS) is 19.2. The van der Waals surface area contributed by atoms with Gasteiger partial charge in [0.05, 0.1) is 6.04 Å². The predicted molar refractivity (Wildman–Crippen MR) is 64.6 cm³/mol. The molecule has 0 saturated heterocycles. The van der Waals surface area contributed by atoms with E-state index in [0.29, 0.717) is 5.89 Å². The summed E-state index contributed by atoms with van der Waals surface area (Å²) in [4.78, 5) is 8.81. The average Bonchev–Trinajstić information content (AvgIpc) is 2.78. The van der Waals surface area contributed by atoms with Crippen LogP contribution >= 0.6 is 11.3 Å². The van der Waals surface area contributed by atoms with Crippen molar-refractivity contribution >= 4 is 11.3 Å². The lowest BCUT2D eigenvalue weighted by molar-refractivity contribution is 0.415. The Morgan fingerprint density at radius 1 is 1.47 bits per heavy atom. The summed E-state index contributed by atoms with van der Waals surface area (Å²) in [7, 11) is 0. The zero-order valence-electron chi connectivity index (χ0n) is 9.80. The first kappa shape index (κ1) is 10.9. The van der Waals surface area contributed by atoms with E-state index in [1.165, 1.54) is 11.3 Å². The van der Waals surface area contributed by atoms with Gasteiger partial charge in [-0.15, -0.1) is 11.3 Å². The second-order valence-electron chi connectivity index (χ2n) is 4.84. The van der Waals surface area contributed by atoms with Gasteiger partial charge in [0.2, 0.25) is 0 Å². The maximum Gasteiger partial charge on any atom is 0.277 e. The molecule has 1 aliphatic rings. The molecule has 0 aromatic carbocycles. The predicted octanol–water partition coefficient (Wildman–Crippen LogP) is 2.26. The average molecular weight is 250 g/mol. The van der Waals surface area contributed by atoms with Crippen LogP contribution in [-0.4, -0.2) is 15.1 Å². The van der Waals surface area contributed by atoms with Gasteiger partial charge in [-0.3, -0.25) is 0 Å². The Bertz CT molecular complexity index is 541. The highest BCUT2D eigenvalue weighted by atomic mass is 32.1. The first-order valence-electron chi connectivity index (χ1n) is 5.64. The molecular formula is C11H14N4OS. The Morgan fingerprint density at radius 2 is 2.24 bits per heavy atom. The Morgan fingerprint density at radius 3 is 2.82 bits per heavy atom. The van der Waals surface area contributed by atoms with Gasteiger partial charge in [0.1, 0.15) is 10.7 Å². The van der Waals surface area contributed by atoms with Crippen LogP contribution < -0.4 is 5.73 Å². The standard InChI is InChI=1S/C11H14N4OS/c1-6(12)9-13-7(5-17-9)8-14-10(15-16-8)11(2)3-4-11/h5-6H,3-4,12H2,1-2H3. The minimum Gasteiger partial charge on any atom is -0.332 e. The lowest BCUT2D eigenvalue weighted by atomic mass is 10.1. The largest absolute Gasteiger partial charge is 0.332 e. The van der Waals surface area contributed by atoms with E-state index in [0.717, 1.165) is 29.4 Å². The molecule has 0 bridgehead atoms. The zero-order chi connectivity index (χ0) is 12.0. The van der Waals surface area contributed by atoms with E-state index in [4.69, 9.17) is 10.3 Å². The molecule has 2 N–H and O–H groups in total. The van der Waals surface area contributed by atoms with Gasteiger partial charge in [-0.25, -0.2) is 4.98 Å². The van der Waals surface area contributed by atoms with Crippen molar-refractivity contribution in [3.8, 4) is 11.6 Å². The van der Waals surface area contributed by atoms with Crippen molar-refractivity contribution < 1.29 is 4.52 Å². The summed E-state index contributed by atoms with van der Waals surface area (Å²) in [6.45, 7) is 4.06. The van der Waals surface area contributed by atoms with E-state index in [-0.39, 0.29) is 11.5 Å². The molecule has 2 heterocycles. The highest BCUT2D eigenvalue weighted by molar-refractivity contribution is 7.10. The number of rotatable bonds is 3. The molecule has 17 heavy (non-hydrogen) atoms. The molecule has 1 atom stereocenters. The molecule has 6 heteroatoms. The lowest BCUT2D eigenvalue weighted by Gasteiger charge is -1.97. The maximum atomic E-state index is 5.77. The zero-order valence-corrected chi connectivity index (χ0v) is 10.6. The van der Waals surface area contributed by atoms with Crippen LogP contribution in [0.5, 0.6) is 0 Å². The molecule has 1 fully saturated rings. The van der Waals surface area contributed by atoms with Gasteiger partial charge in [0, 0.05) is 10.8 Å². The van der Waals surface area contributed by atoms with Crippen LogP contribution in [0.2, 0.25) is 0 Å². The third kappa shape index (κ3) is 1.87. The monoisotopic (exact) mass is 250 g/mol. The first-order chi connectivity index (χ1) is 8.08. The third-order valence-electron chi connectivity index (χ3n) is 3.10. The minimum atomic E-state index is -0.0582. The Hall–Kier alpha value is -1.27. The van der Waals surface area contributed by atoms with Crippen molar-refractivity contribution in [3.63, 3.8) is 0 Å². The molecule has 1 aliphatic carbocycles. The number of hydrogen-bond acceptors (Lipinski definition) is 6. The van der Waals surface area contributed by atoms with E-state index >= 15 is 0 Å². The molecule has 0 spiro atoms. The third-order valence-corrected chi connectivity index (χ3v) is 4.14. The summed E-state index contributed by atoms with van der Waals surface area (Å²) in [5.74, 6) is 1.29. The van der Waals surface area contributed by atoms with Crippen LogP contribution in [0.25, 0.3) is 11.6 Å².